The second-order valence-electron chi connectivity index (χ2n) is 4.25. The molecule has 0 radical (unpaired) electrons. The van der Waals surface area contributed by atoms with E-state index in [1.807, 2.05) is 13.8 Å². The molecule has 0 bridgehead atoms. The van der Waals surface area contributed by atoms with Gasteiger partial charge in [0.15, 0.2) is 11.5 Å². The topological polar surface area (TPSA) is 68.2 Å². The molecule has 0 rings (SSSR count). The molecular weight excluding hydrogens is 248 g/mol. The van der Waals surface area contributed by atoms with Crippen molar-refractivity contribution < 1.29 is 24.4 Å². The van der Waals surface area contributed by atoms with Gasteiger partial charge in [0.05, 0.1) is 0 Å². The van der Waals surface area contributed by atoms with Gasteiger partial charge in [0, 0.05) is 0 Å². The maximum atomic E-state index is 9.36. The van der Waals surface area contributed by atoms with Crippen LogP contribution in [0.2, 0.25) is 0 Å². The molecular formula is C14H22O5. The van der Waals surface area contributed by atoms with E-state index in [1.165, 1.54) is 12.5 Å². The van der Waals surface area contributed by atoms with Crippen molar-refractivity contribution in [1.82, 2.24) is 0 Å². The molecule has 0 unspecified atom stereocenters. The zero-order valence-corrected chi connectivity index (χ0v) is 11.5. The Balaban J connectivity index is 3.76. The molecule has 0 aromatic rings. The third-order valence-corrected chi connectivity index (χ3v) is 1.60. The molecule has 0 aliphatic rings. The van der Waals surface area contributed by atoms with Crippen molar-refractivity contribution in [2.45, 2.75) is 13.8 Å². The van der Waals surface area contributed by atoms with Gasteiger partial charge in [0.1, 0.15) is 39.0 Å². The Morgan fingerprint density at radius 3 is 1.53 bits per heavy atom. The van der Waals surface area contributed by atoms with Crippen molar-refractivity contribution >= 4 is 0 Å². The molecule has 0 spiro atoms. The second-order valence-corrected chi connectivity index (χ2v) is 4.25. The van der Waals surface area contributed by atoms with Gasteiger partial charge in [-0.25, -0.2) is 0 Å². The van der Waals surface area contributed by atoms with Crippen LogP contribution in [0.1, 0.15) is 13.8 Å². The fraction of sp³-hybridized carbons (Fsp3) is 0.429. The van der Waals surface area contributed by atoms with Crippen LogP contribution in [0.25, 0.3) is 0 Å². The van der Waals surface area contributed by atoms with E-state index in [9.17, 15) is 10.2 Å². The van der Waals surface area contributed by atoms with E-state index < -0.39 is 0 Å². The minimum absolute atomic E-state index is 0.0609. The minimum atomic E-state index is -0.0723. The Morgan fingerprint density at radius 2 is 1.21 bits per heavy atom. The Kier molecular flexibility index (Phi) is 9.08. The summed E-state index contributed by atoms with van der Waals surface area (Å²) in [5, 5.41) is 18.7. The van der Waals surface area contributed by atoms with Crippen molar-refractivity contribution in [1.29, 1.82) is 0 Å². The van der Waals surface area contributed by atoms with Crippen molar-refractivity contribution in [2.24, 2.45) is 0 Å². The van der Waals surface area contributed by atoms with Gasteiger partial charge in [-0.2, -0.15) is 0 Å². The van der Waals surface area contributed by atoms with Crippen LogP contribution in [0.3, 0.4) is 0 Å². The van der Waals surface area contributed by atoms with Crippen molar-refractivity contribution in [3.63, 3.8) is 0 Å². The average molecular weight is 270 g/mol. The second kappa shape index (κ2) is 10.1. The summed E-state index contributed by atoms with van der Waals surface area (Å²) in [6.45, 7) is 11.5. The van der Waals surface area contributed by atoms with Crippen LogP contribution in [0, 0.1) is 0 Å². The SMILES string of the molecule is C=C(C)CO/C=C(\O)COC/C(O)=C/OCC(=C)C. The molecule has 0 heterocycles. The van der Waals surface area contributed by atoms with Crippen LogP contribution in [0.4, 0.5) is 0 Å². The normalized spacial score (nSPS) is 12.1. The van der Waals surface area contributed by atoms with E-state index in [2.05, 4.69) is 13.2 Å². The first-order chi connectivity index (χ1) is 8.91. The Bertz CT molecular complexity index is 321. The zero-order valence-electron chi connectivity index (χ0n) is 11.5. The van der Waals surface area contributed by atoms with Gasteiger partial charge in [-0.15, -0.1) is 0 Å². The van der Waals surface area contributed by atoms with Gasteiger partial charge >= 0.3 is 0 Å². The van der Waals surface area contributed by atoms with Crippen molar-refractivity contribution in [3.05, 3.63) is 48.3 Å². The summed E-state index contributed by atoms with van der Waals surface area (Å²) in [5.41, 5.74) is 1.69. The highest BCUT2D eigenvalue weighted by Crippen LogP contribution is 1.98. The molecule has 19 heavy (non-hydrogen) atoms. The first-order valence-corrected chi connectivity index (χ1v) is 5.77. The van der Waals surface area contributed by atoms with Crippen LogP contribution in [-0.4, -0.2) is 36.6 Å². The zero-order chi connectivity index (χ0) is 14.7. The van der Waals surface area contributed by atoms with Gasteiger partial charge in [-0.1, -0.05) is 13.2 Å². The van der Waals surface area contributed by atoms with Gasteiger partial charge in [0.25, 0.3) is 0 Å². The van der Waals surface area contributed by atoms with E-state index >= 15 is 0 Å². The van der Waals surface area contributed by atoms with Crippen LogP contribution in [-0.2, 0) is 14.2 Å². The standard InChI is InChI=1S/C14H22O5/c1-11(2)5-17-7-13(15)9-19-10-14(16)8-18-6-12(3)4/h7-8,15-16H,1,3,5-6,9-10H2,2,4H3/b13-7-,14-8-. The Morgan fingerprint density at radius 1 is 0.842 bits per heavy atom. The van der Waals surface area contributed by atoms with Crippen LogP contribution in [0.5, 0.6) is 0 Å². The highest BCUT2D eigenvalue weighted by Gasteiger charge is 1.98. The number of rotatable bonds is 10. The molecule has 0 aromatic heterocycles. The lowest BCUT2D eigenvalue weighted by molar-refractivity contribution is 0.110. The fourth-order valence-corrected chi connectivity index (χ4v) is 0.888. The average Bonchev–Trinajstić information content (AvgIpc) is 2.27. The number of hydrogen-bond acceptors (Lipinski definition) is 5. The molecule has 0 aliphatic heterocycles. The van der Waals surface area contributed by atoms with E-state index in [1.54, 1.807) is 0 Å². The molecule has 5 heteroatoms. The van der Waals surface area contributed by atoms with Crippen LogP contribution < -0.4 is 0 Å². The number of hydrogen-bond donors (Lipinski definition) is 2. The summed E-state index contributed by atoms with van der Waals surface area (Å²) in [4.78, 5) is 0. The minimum Gasteiger partial charge on any atom is -0.507 e. The molecule has 0 fully saturated rings. The largest absolute Gasteiger partial charge is 0.507 e. The number of aliphatic hydroxyl groups is 2. The van der Waals surface area contributed by atoms with E-state index in [-0.39, 0.29) is 24.7 Å². The third kappa shape index (κ3) is 12.4. The molecule has 0 amide bonds. The predicted molar refractivity (Wildman–Crippen MR) is 73.8 cm³/mol. The lowest BCUT2D eigenvalue weighted by Gasteiger charge is -2.05. The predicted octanol–water partition coefficient (Wildman–Crippen LogP) is 2.99. The maximum absolute atomic E-state index is 9.36. The van der Waals surface area contributed by atoms with Gasteiger partial charge in [0.2, 0.25) is 0 Å². The quantitative estimate of drug-likeness (QED) is 0.472. The number of ether oxygens (including phenoxy) is 3. The van der Waals surface area contributed by atoms with Crippen molar-refractivity contribution in [2.75, 3.05) is 26.4 Å². The fourth-order valence-electron chi connectivity index (χ4n) is 0.888. The monoisotopic (exact) mass is 270 g/mol. The summed E-state index contributed by atoms with van der Waals surface area (Å²) < 4.78 is 15.0. The van der Waals surface area contributed by atoms with Crippen LogP contribution in [0.15, 0.2) is 48.3 Å². The molecule has 0 saturated heterocycles. The maximum Gasteiger partial charge on any atom is 0.152 e. The summed E-state index contributed by atoms with van der Waals surface area (Å²) in [7, 11) is 0. The third-order valence-electron chi connectivity index (χ3n) is 1.60. The van der Waals surface area contributed by atoms with Gasteiger partial charge in [-0.3, -0.25) is 0 Å². The summed E-state index contributed by atoms with van der Waals surface area (Å²) in [5.74, 6) is -0.145. The Labute approximate surface area is 114 Å². The molecule has 5 nitrogen and oxygen atoms in total. The molecule has 0 aliphatic carbocycles. The highest BCUT2D eigenvalue weighted by molar-refractivity contribution is 4.93. The smallest absolute Gasteiger partial charge is 0.152 e. The van der Waals surface area contributed by atoms with Gasteiger partial charge in [-0.05, 0) is 25.0 Å². The molecule has 108 valence electrons. The molecule has 0 aromatic carbocycles. The van der Waals surface area contributed by atoms with E-state index in [0.717, 1.165) is 11.1 Å². The van der Waals surface area contributed by atoms with Crippen molar-refractivity contribution in [3.8, 4) is 0 Å². The first-order valence-electron chi connectivity index (χ1n) is 5.77. The Hall–Kier alpha value is -1.88. The summed E-state index contributed by atoms with van der Waals surface area (Å²) >= 11 is 0. The van der Waals surface area contributed by atoms with E-state index in [4.69, 9.17) is 14.2 Å². The highest BCUT2D eigenvalue weighted by atomic mass is 16.5. The lowest BCUT2D eigenvalue weighted by Crippen LogP contribution is -2.03. The molecule has 0 saturated carbocycles. The first kappa shape index (κ1) is 17.1. The summed E-state index contributed by atoms with van der Waals surface area (Å²) in [6.07, 6.45) is 2.38. The van der Waals surface area contributed by atoms with Crippen LogP contribution >= 0.6 is 0 Å². The van der Waals surface area contributed by atoms with Gasteiger partial charge < -0.3 is 24.4 Å². The van der Waals surface area contributed by atoms with E-state index in [0.29, 0.717) is 13.2 Å². The molecule has 0 atom stereocenters. The lowest BCUT2D eigenvalue weighted by atomic mass is 10.4. The molecule has 2 N–H and O–H groups in total. The summed E-state index contributed by atoms with van der Waals surface area (Å²) in [6, 6.07) is 0. The number of aliphatic hydroxyl groups excluding tert-OH is 2.